The van der Waals surface area contributed by atoms with Crippen LogP contribution in [-0.4, -0.2) is 35.6 Å². The van der Waals surface area contributed by atoms with E-state index in [0.717, 1.165) is 38.2 Å². The summed E-state index contributed by atoms with van der Waals surface area (Å²) in [6.07, 6.45) is 8.83. The predicted molar refractivity (Wildman–Crippen MR) is 105 cm³/mol. The van der Waals surface area contributed by atoms with Crippen LogP contribution >= 0.6 is 0 Å². The SMILES string of the molecule is C#C.CCCCCCCOc1ccc(CCC(N)(CO)CO)cc1C(F)(F)F. The van der Waals surface area contributed by atoms with Crippen LogP contribution in [-0.2, 0) is 12.6 Å². The Bertz CT molecular complexity index is 570. The summed E-state index contributed by atoms with van der Waals surface area (Å²) in [6.45, 7) is 1.49. The fraction of sp³-hybridized carbons (Fsp3) is 0.619. The van der Waals surface area contributed by atoms with Crippen LogP contribution < -0.4 is 10.5 Å². The van der Waals surface area contributed by atoms with Crippen molar-refractivity contribution in [3.8, 4) is 18.6 Å². The summed E-state index contributed by atoms with van der Waals surface area (Å²) in [5.74, 6) is -0.167. The smallest absolute Gasteiger partial charge is 0.419 e. The molecule has 0 radical (unpaired) electrons. The number of halogens is 3. The molecule has 0 bridgehead atoms. The van der Waals surface area contributed by atoms with Crippen molar-refractivity contribution in [1.29, 1.82) is 0 Å². The fourth-order valence-corrected chi connectivity index (χ4v) is 2.57. The molecule has 0 atom stereocenters. The topological polar surface area (TPSA) is 75.7 Å². The Balaban J connectivity index is 0.00000352. The van der Waals surface area contributed by atoms with E-state index in [-0.39, 0.29) is 25.2 Å². The number of hydrogen-bond donors (Lipinski definition) is 3. The minimum Gasteiger partial charge on any atom is -0.493 e. The van der Waals surface area contributed by atoms with E-state index in [2.05, 4.69) is 19.8 Å². The normalized spacial score (nSPS) is 11.6. The van der Waals surface area contributed by atoms with Gasteiger partial charge in [0.05, 0.1) is 30.9 Å². The van der Waals surface area contributed by atoms with Gasteiger partial charge in [-0.25, -0.2) is 0 Å². The molecule has 0 aliphatic heterocycles. The molecule has 0 heterocycles. The van der Waals surface area contributed by atoms with Crippen LogP contribution in [0.1, 0.15) is 56.6 Å². The molecule has 0 saturated carbocycles. The van der Waals surface area contributed by atoms with E-state index < -0.39 is 30.5 Å². The van der Waals surface area contributed by atoms with Gasteiger partial charge in [0.1, 0.15) is 5.75 Å². The summed E-state index contributed by atoms with van der Waals surface area (Å²) in [4.78, 5) is 0. The van der Waals surface area contributed by atoms with E-state index in [1.807, 2.05) is 0 Å². The summed E-state index contributed by atoms with van der Waals surface area (Å²) in [5, 5.41) is 18.4. The van der Waals surface area contributed by atoms with Crippen LogP contribution in [0.3, 0.4) is 0 Å². The van der Waals surface area contributed by atoms with E-state index >= 15 is 0 Å². The third-order valence-electron chi connectivity index (χ3n) is 4.40. The number of hydrogen-bond acceptors (Lipinski definition) is 4. The van der Waals surface area contributed by atoms with Crippen molar-refractivity contribution in [2.45, 2.75) is 63.6 Å². The number of unbranched alkanes of at least 4 members (excludes halogenated alkanes) is 4. The van der Waals surface area contributed by atoms with Crippen molar-refractivity contribution in [1.82, 2.24) is 0 Å². The summed E-state index contributed by atoms with van der Waals surface area (Å²) in [5.41, 5.74) is 4.19. The maximum Gasteiger partial charge on any atom is 0.419 e. The lowest BCUT2D eigenvalue weighted by atomic mass is 9.93. The van der Waals surface area contributed by atoms with Crippen LogP contribution in [0.2, 0.25) is 0 Å². The van der Waals surface area contributed by atoms with Crippen LogP contribution in [0.15, 0.2) is 18.2 Å². The van der Waals surface area contributed by atoms with Gasteiger partial charge in [0, 0.05) is 0 Å². The molecule has 0 aliphatic rings. The predicted octanol–water partition coefficient (Wildman–Crippen LogP) is 3.92. The first-order valence-corrected chi connectivity index (χ1v) is 9.42. The van der Waals surface area contributed by atoms with Crippen molar-refractivity contribution in [3.63, 3.8) is 0 Å². The molecule has 1 aromatic rings. The minimum atomic E-state index is -4.51. The lowest BCUT2D eigenvalue weighted by Gasteiger charge is -2.24. The molecule has 1 rings (SSSR count). The monoisotopic (exact) mass is 403 g/mol. The van der Waals surface area contributed by atoms with Crippen LogP contribution in [0, 0.1) is 12.8 Å². The highest BCUT2D eigenvalue weighted by molar-refractivity contribution is 5.39. The Labute approximate surface area is 165 Å². The van der Waals surface area contributed by atoms with Gasteiger partial charge in [-0.1, -0.05) is 38.7 Å². The second-order valence-corrected chi connectivity index (χ2v) is 6.77. The van der Waals surface area contributed by atoms with Gasteiger partial charge in [-0.05, 0) is 37.0 Å². The molecule has 160 valence electrons. The maximum absolute atomic E-state index is 13.3. The zero-order chi connectivity index (χ0) is 21.6. The molecule has 7 heteroatoms. The Morgan fingerprint density at radius 3 is 2.18 bits per heavy atom. The van der Waals surface area contributed by atoms with Gasteiger partial charge in [0.25, 0.3) is 0 Å². The summed E-state index contributed by atoms with van der Waals surface area (Å²) in [6, 6.07) is 3.96. The number of ether oxygens (including phenoxy) is 1. The molecule has 1 aromatic carbocycles. The first-order valence-electron chi connectivity index (χ1n) is 9.42. The van der Waals surface area contributed by atoms with Gasteiger partial charge in [0.15, 0.2) is 0 Å². The number of aliphatic hydroxyl groups excluding tert-OH is 2. The van der Waals surface area contributed by atoms with E-state index in [1.165, 1.54) is 6.07 Å². The van der Waals surface area contributed by atoms with E-state index in [4.69, 9.17) is 10.5 Å². The number of alkyl halides is 3. The Kier molecular flexibility index (Phi) is 12.6. The second-order valence-electron chi connectivity index (χ2n) is 6.77. The van der Waals surface area contributed by atoms with Gasteiger partial charge in [-0.2, -0.15) is 13.2 Å². The van der Waals surface area contributed by atoms with Gasteiger partial charge in [-0.3, -0.25) is 0 Å². The second kappa shape index (κ2) is 13.4. The van der Waals surface area contributed by atoms with E-state index in [1.54, 1.807) is 6.07 Å². The Hall–Kier alpha value is -1.75. The third-order valence-corrected chi connectivity index (χ3v) is 4.40. The molecule has 0 fully saturated rings. The largest absolute Gasteiger partial charge is 0.493 e. The van der Waals surface area contributed by atoms with Crippen LogP contribution in [0.25, 0.3) is 0 Å². The Morgan fingerprint density at radius 2 is 1.64 bits per heavy atom. The molecule has 0 amide bonds. The molecule has 4 nitrogen and oxygen atoms in total. The highest BCUT2D eigenvalue weighted by Crippen LogP contribution is 2.37. The lowest BCUT2D eigenvalue weighted by Crippen LogP contribution is -2.47. The van der Waals surface area contributed by atoms with Crippen molar-refractivity contribution in [2.24, 2.45) is 5.73 Å². The Morgan fingerprint density at radius 1 is 1.04 bits per heavy atom. The van der Waals surface area contributed by atoms with Gasteiger partial charge in [0.2, 0.25) is 0 Å². The third kappa shape index (κ3) is 9.45. The maximum atomic E-state index is 13.3. The van der Waals surface area contributed by atoms with Gasteiger partial charge < -0.3 is 20.7 Å². The first-order chi connectivity index (χ1) is 13.3. The van der Waals surface area contributed by atoms with E-state index in [0.29, 0.717) is 5.56 Å². The summed E-state index contributed by atoms with van der Waals surface area (Å²) >= 11 is 0. The van der Waals surface area contributed by atoms with E-state index in [9.17, 15) is 23.4 Å². The number of aliphatic hydroxyl groups is 2. The number of terminal acetylenes is 1. The van der Waals surface area contributed by atoms with Crippen molar-refractivity contribution in [2.75, 3.05) is 19.8 Å². The molecule has 0 aromatic heterocycles. The minimum absolute atomic E-state index is 0.167. The zero-order valence-corrected chi connectivity index (χ0v) is 16.5. The summed E-state index contributed by atoms with van der Waals surface area (Å²) in [7, 11) is 0. The fourth-order valence-electron chi connectivity index (χ4n) is 2.57. The summed E-state index contributed by atoms with van der Waals surface area (Å²) < 4.78 is 45.3. The molecule has 0 saturated heterocycles. The zero-order valence-electron chi connectivity index (χ0n) is 16.5. The number of benzene rings is 1. The van der Waals surface area contributed by atoms with Gasteiger partial charge in [-0.15, -0.1) is 12.8 Å². The molecule has 4 N–H and O–H groups in total. The highest BCUT2D eigenvalue weighted by atomic mass is 19.4. The molecular weight excluding hydrogens is 371 g/mol. The lowest BCUT2D eigenvalue weighted by molar-refractivity contribution is -0.139. The average molecular weight is 403 g/mol. The highest BCUT2D eigenvalue weighted by Gasteiger charge is 2.35. The van der Waals surface area contributed by atoms with Crippen LogP contribution in [0.4, 0.5) is 13.2 Å². The van der Waals surface area contributed by atoms with Crippen molar-refractivity contribution in [3.05, 3.63) is 29.3 Å². The number of aryl methyl sites for hydroxylation is 1. The molecule has 0 aliphatic carbocycles. The number of rotatable bonds is 12. The quantitative estimate of drug-likeness (QED) is 0.365. The molecule has 0 unspecified atom stereocenters. The first kappa shape index (κ1) is 26.2. The average Bonchev–Trinajstić information content (AvgIpc) is 2.70. The molecule has 0 spiro atoms. The van der Waals surface area contributed by atoms with Crippen molar-refractivity contribution < 1.29 is 28.1 Å². The van der Waals surface area contributed by atoms with Crippen LogP contribution in [0.5, 0.6) is 5.75 Å². The van der Waals surface area contributed by atoms with Crippen molar-refractivity contribution >= 4 is 0 Å². The standard InChI is InChI=1S/C19H30F3NO3.C2H2/c1-2-3-4-5-6-11-26-17-8-7-15(12-16(17)19(20,21)22)9-10-18(23,13-24)14-25;1-2/h7-8,12,24-25H,2-6,9-11,13-14,23H2,1H3;1-2H. The number of nitrogens with two attached hydrogens (primary N) is 1. The van der Waals surface area contributed by atoms with Gasteiger partial charge >= 0.3 is 6.18 Å². The molecule has 28 heavy (non-hydrogen) atoms. The molecular formula is C21H32F3NO3.